The van der Waals surface area contributed by atoms with E-state index < -0.39 is 0 Å². The van der Waals surface area contributed by atoms with Crippen LogP contribution in [0.25, 0.3) is 0 Å². The van der Waals surface area contributed by atoms with Gasteiger partial charge in [-0.15, -0.1) is 24.2 Å². The lowest BCUT2D eigenvalue weighted by Crippen LogP contribution is -2.49. The second-order valence-electron chi connectivity index (χ2n) is 5.73. The predicted octanol–water partition coefficient (Wildman–Crippen LogP) is 2.70. The molecular formula is C16H25ClN2OS. The van der Waals surface area contributed by atoms with Gasteiger partial charge >= 0.3 is 0 Å². The molecule has 5 heteroatoms. The van der Waals surface area contributed by atoms with Gasteiger partial charge in [-0.2, -0.15) is 0 Å². The van der Waals surface area contributed by atoms with Gasteiger partial charge in [0.25, 0.3) is 0 Å². The van der Waals surface area contributed by atoms with Gasteiger partial charge in [0.05, 0.1) is 5.25 Å². The summed E-state index contributed by atoms with van der Waals surface area (Å²) in [5.41, 5.74) is 1.28. The van der Waals surface area contributed by atoms with Crippen LogP contribution < -0.4 is 10.6 Å². The first-order chi connectivity index (χ1) is 9.66. The maximum absolute atomic E-state index is 12.3. The molecule has 1 heterocycles. The van der Waals surface area contributed by atoms with Crippen LogP contribution in [0, 0.1) is 11.8 Å². The van der Waals surface area contributed by atoms with Gasteiger partial charge in [-0.1, -0.05) is 44.2 Å². The average molecular weight is 329 g/mol. The highest BCUT2D eigenvalue weighted by atomic mass is 35.5. The molecule has 1 aromatic rings. The Morgan fingerprint density at radius 2 is 2.00 bits per heavy atom. The van der Waals surface area contributed by atoms with Gasteiger partial charge in [0, 0.05) is 31.3 Å². The highest BCUT2D eigenvalue weighted by molar-refractivity contribution is 7.99. The summed E-state index contributed by atoms with van der Waals surface area (Å²) >= 11 is 1.74. The minimum Gasteiger partial charge on any atom is -0.355 e. The van der Waals surface area contributed by atoms with E-state index in [0.717, 1.165) is 25.4 Å². The van der Waals surface area contributed by atoms with Crippen LogP contribution in [-0.2, 0) is 10.5 Å². The van der Waals surface area contributed by atoms with Crippen molar-refractivity contribution in [2.75, 3.05) is 19.6 Å². The van der Waals surface area contributed by atoms with E-state index >= 15 is 0 Å². The third kappa shape index (κ3) is 5.89. The van der Waals surface area contributed by atoms with E-state index in [4.69, 9.17) is 0 Å². The Kier molecular flexibility index (Phi) is 8.15. The number of rotatable bonds is 7. The van der Waals surface area contributed by atoms with Crippen molar-refractivity contribution < 1.29 is 4.79 Å². The highest BCUT2D eigenvalue weighted by Gasteiger charge is 2.24. The Bertz CT molecular complexity index is 424. The van der Waals surface area contributed by atoms with Crippen LogP contribution in [0.1, 0.15) is 19.4 Å². The second kappa shape index (κ2) is 9.34. The van der Waals surface area contributed by atoms with Gasteiger partial charge in [0.2, 0.25) is 5.91 Å². The molecule has 0 saturated carbocycles. The van der Waals surface area contributed by atoms with Gasteiger partial charge in [-0.3, -0.25) is 4.79 Å². The molecule has 0 aliphatic carbocycles. The summed E-state index contributed by atoms with van der Waals surface area (Å²) in [6.07, 6.45) is 0. The van der Waals surface area contributed by atoms with Crippen molar-refractivity contribution in [3.05, 3.63) is 35.9 Å². The minimum atomic E-state index is 0. The number of halogens is 1. The van der Waals surface area contributed by atoms with Crippen molar-refractivity contribution in [2.24, 2.45) is 11.8 Å². The summed E-state index contributed by atoms with van der Waals surface area (Å²) in [5.74, 6) is 2.05. The number of amides is 1. The summed E-state index contributed by atoms with van der Waals surface area (Å²) in [6.45, 7) is 7.11. The molecule has 0 radical (unpaired) electrons. The van der Waals surface area contributed by atoms with Gasteiger partial charge in [-0.05, 0) is 11.5 Å². The summed E-state index contributed by atoms with van der Waals surface area (Å²) in [5, 5.41) is 6.36. The van der Waals surface area contributed by atoms with E-state index in [9.17, 15) is 4.79 Å². The third-order valence-corrected chi connectivity index (χ3v) is 5.18. The zero-order chi connectivity index (χ0) is 14.4. The van der Waals surface area contributed by atoms with Crippen LogP contribution in [0.3, 0.4) is 0 Å². The number of thioether (sulfide) groups is 1. The van der Waals surface area contributed by atoms with E-state index in [0.29, 0.717) is 11.8 Å². The molecular weight excluding hydrogens is 304 g/mol. The molecule has 0 bridgehead atoms. The number of hydrogen-bond donors (Lipinski definition) is 2. The Morgan fingerprint density at radius 3 is 2.52 bits per heavy atom. The van der Waals surface area contributed by atoms with Crippen molar-refractivity contribution in [1.82, 2.24) is 10.6 Å². The van der Waals surface area contributed by atoms with Crippen LogP contribution >= 0.6 is 24.2 Å². The Balaban J connectivity index is 0.00000220. The largest absolute Gasteiger partial charge is 0.355 e. The molecule has 21 heavy (non-hydrogen) atoms. The standard InChI is InChI=1S/C16H24N2OS.ClH/c1-12(2)15(16(19)18-10-14-8-17-9-14)20-11-13-6-4-3-5-7-13;/h3-7,12,14-15,17H,8-11H2,1-2H3,(H,18,19);1H. The highest BCUT2D eigenvalue weighted by Crippen LogP contribution is 2.24. The fourth-order valence-electron chi connectivity index (χ4n) is 2.17. The van der Waals surface area contributed by atoms with Crippen molar-refractivity contribution in [2.45, 2.75) is 24.9 Å². The van der Waals surface area contributed by atoms with E-state index in [1.54, 1.807) is 11.8 Å². The molecule has 1 unspecified atom stereocenters. The van der Waals surface area contributed by atoms with Crippen LogP contribution in [0.5, 0.6) is 0 Å². The van der Waals surface area contributed by atoms with Crippen LogP contribution in [0.15, 0.2) is 30.3 Å². The Labute approximate surface area is 138 Å². The molecule has 0 spiro atoms. The summed E-state index contributed by atoms with van der Waals surface area (Å²) in [4.78, 5) is 12.3. The van der Waals surface area contributed by atoms with Crippen molar-refractivity contribution in [1.29, 1.82) is 0 Å². The van der Waals surface area contributed by atoms with Crippen molar-refractivity contribution in [3.63, 3.8) is 0 Å². The molecule has 1 saturated heterocycles. The lowest BCUT2D eigenvalue weighted by molar-refractivity contribution is -0.121. The molecule has 1 aliphatic heterocycles. The number of carbonyl (C=O) groups excluding carboxylic acids is 1. The quantitative estimate of drug-likeness (QED) is 0.808. The first-order valence-corrected chi connectivity index (χ1v) is 8.35. The van der Waals surface area contributed by atoms with Gasteiger partial charge < -0.3 is 10.6 Å². The Hall–Kier alpha value is -0.710. The van der Waals surface area contributed by atoms with Crippen LogP contribution in [0.2, 0.25) is 0 Å². The predicted molar refractivity (Wildman–Crippen MR) is 93.0 cm³/mol. The van der Waals surface area contributed by atoms with E-state index in [1.807, 2.05) is 18.2 Å². The maximum Gasteiger partial charge on any atom is 0.233 e. The van der Waals surface area contributed by atoms with Crippen LogP contribution in [0.4, 0.5) is 0 Å². The summed E-state index contributed by atoms with van der Waals surface area (Å²) in [7, 11) is 0. The topological polar surface area (TPSA) is 41.1 Å². The minimum absolute atomic E-state index is 0. The molecule has 1 aliphatic rings. The van der Waals surface area contributed by atoms with Crippen molar-refractivity contribution in [3.8, 4) is 0 Å². The lowest BCUT2D eigenvalue weighted by atomic mass is 10.0. The summed E-state index contributed by atoms with van der Waals surface area (Å²) in [6, 6.07) is 10.3. The fourth-order valence-corrected chi connectivity index (χ4v) is 3.35. The Morgan fingerprint density at radius 1 is 1.33 bits per heavy atom. The van der Waals surface area contributed by atoms with E-state index in [-0.39, 0.29) is 23.6 Å². The number of benzene rings is 1. The molecule has 3 nitrogen and oxygen atoms in total. The van der Waals surface area contributed by atoms with Gasteiger partial charge in [0.1, 0.15) is 0 Å². The molecule has 2 N–H and O–H groups in total. The van der Waals surface area contributed by atoms with E-state index in [1.165, 1.54) is 5.56 Å². The zero-order valence-electron chi connectivity index (χ0n) is 12.7. The number of hydrogen-bond acceptors (Lipinski definition) is 3. The fraction of sp³-hybridized carbons (Fsp3) is 0.562. The first-order valence-electron chi connectivity index (χ1n) is 7.30. The molecule has 1 amide bonds. The summed E-state index contributed by atoms with van der Waals surface area (Å²) < 4.78 is 0. The van der Waals surface area contributed by atoms with Crippen molar-refractivity contribution >= 4 is 30.1 Å². The van der Waals surface area contributed by atoms with Gasteiger partial charge in [0.15, 0.2) is 0 Å². The molecule has 1 atom stereocenters. The van der Waals surface area contributed by atoms with Gasteiger partial charge in [-0.25, -0.2) is 0 Å². The molecule has 1 fully saturated rings. The first kappa shape index (κ1) is 18.3. The number of nitrogens with one attached hydrogen (secondary N) is 2. The molecule has 0 aromatic heterocycles. The maximum atomic E-state index is 12.3. The normalized spacial score (nSPS) is 16.0. The second-order valence-corrected chi connectivity index (χ2v) is 6.86. The lowest BCUT2D eigenvalue weighted by Gasteiger charge is -2.28. The SMILES string of the molecule is CC(C)C(SCc1ccccc1)C(=O)NCC1CNC1.Cl. The molecule has 1 aromatic carbocycles. The average Bonchev–Trinajstić information content (AvgIpc) is 2.38. The molecule has 2 rings (SSSR count). The van der Waals surface area contributed by atoms with E-state index in [2.05, 4.69) is 36.6 Å². The number of carbonyl (C=O) groups is 1. The smallest absolute Gasteiger partial charge is 0.233 e. The molecule has 118 valence electrons. The monoisotopic (exact) mass is 328 g/mol. The zero-order valence-corrected chi connectivity index (χ0v) is 14.3. The third-order valence-electron chi connectivity index (χ3n) is 3.57. The van der Waals surface area contributed by atoms with Crippen LogP contribution in [-0.4, -0.2) is 30.8 Å².